The summed E-state index contributed by atoms with van der Waals surface area (Å²) in [5, 5.41) is 13.7. The van der Waals surface area contributed by atoms with Crippen LogP contribution >= 0.6 is 11.3 Å². The lowest BCUT2D eigenvalue weighted by Crippen LogP contribution is -2.40. The first-order valence-electron chi connectivity index (χ1n) is 6.32. The fraction of sp³-hybridized carbons (Fsp3) is 0.583. The van der Waals surface area contributed by atoms with Gasteiger partial charge in [0.25, 0.3) is 10.0 Å². The Hall–Kier alpha value is -0.960. The van der Waals surface area contributed by atoms with Gasteiger partial charge in [0.1, 0.15) is 4.21 Å². The van der Waals surface area contributed by atoms with E-state index in [0.717, 1.165) is 22.1 Å². The number of likely N-dealkylation sites (N-methyl/N-ethyl adjacent to an activating group) is 1. The predicted octanol–water partition coefficient (Wildman–Crippen LogP) is 0.646. The van der Waals surface area contributed by atoms with Crippen LogP contribution in [-0.2, 0) is 14.8 Å². The first kappa shape index (κ1) is 17.1. The lowest BCUT2D eigenvalue weighted by atomic mass is 10.2. The highest BCUT2D eigenvalue weighted by atomic mass is 32.2. The summed E-state index contributed by atoms with van der Waals surface area (Å²) in [4.78, 5) is 11.7. The number of rotatable bonds is 8. The molecule has 114 valence electrons. The topological polar surface area (TPSA) is 86.7 Å². The van der Waals surface area contributed by atoms with Crippen LogP contribution in [0.3, 0.4) is 0 Å². The molecule has 0 fully saturated rings. The minimum Gasteiger partial charge on any atom is -0.391 e. The third-order valence-electron chi connectivity index (χ3n) is 2.68. The average Bonchev–Trinajstić information content (AvgIpc) is 2.91. The number of sulfonamides is 1. The molecule has 0 aliphatic carbocycles. The van der Waals surface area contributed by atoms with E-state index in [-0.39, 0.29) is 17.3 Å². The number of carbonyl (C=O) groups is 1. The highest BCUT2D eigenvalue weighted by molar-refractivity contribution is 7.91. The second kappa shape index (κ2) is 7.72. The molecule has 0 aromatic carbocycles. The molecule has 1 amide bonds. The second-order valence-corrected chi connectivity index (χ2v) is 7.66. The van der Waals surface area contributed by atoms with Crippen LogP contribution in [0.1, 0.15) is 19.8 Å². The van der Waals surface area contributed by atoms with Crippen LogP contribution in [-0.4, -0.2) is 50.0 Å². The van der Waals surface area contributed by atoms with Gasteiger partial charge in [0, 0.05) is 13.6 Å². The molecule has 1 unspecified atom stereocenters. The molecule has 1 aromatic rings. The Morgan fingerprint density at radius 2 is 2.25 bits per heavy atom. The molecule has 0 aliphatic rings. The molecule has 0 saturated heterocycles. The van der Waals surface area contributed by atoms with Crippen LogP contribution in [0.15, 0.2) is 21.7 Å². The van der Waals surface area contributed by atoms with Crippen molar-refractivity contribution in [3.05, 3.63) is 17.5 Å². The number of hydrogen-bond donors (Lipinski definition) is 2. The van der Waals surface area contributed by atoms with Crippen LogP contribution in [0.2, 0.25) is 0 Å². The monoisotopic (exact) mass is 320 g/mol. The Kier molecular flexibility index (Phi) is 6.60. The maximum Gasteiger partial charge on any atom is 0.252 e. The van der Waals surface area contributed by atoms with Gasteiger partial charge in [-0.1, -0.05) is 19.4 Å². The number of thiophene rings is 1. The van der Waals surface area contributed by atoms with E-state index in [9.17, 15) is 18.3 Å². The van der Waals surface area contributed by atoms with Gasteiger partial charge in [-0.2, -0.15) is 4.31 Å². The van der Waals surface area contributed by atoms with Gasteiger partial charge in [-0.15, -0.1) is 11.3 Å². The zero-order valence-corrected chi connectivity index (χ0v) is 13.2. The largest absolute Gasteiger partial charge is 0.391 e. The second-order valence-electron chi connectivity index (χ2n) is 4.44. The van der Waals surface area contributed by atoms with Crippen molar-refractivity contribution in [3.8, 4) is 0 Å². The molecule has 8 heteroatoms. The molecule has 20 heavy (non-hydrogen) atoms. The molecule has 2 N–H and O–H groups in total. The van der Waals surface area contributed by atoms with Crippen molar-refractivity contribution in [1.82, 2.24) is 9.62 Å². The number of hydrogen-bond acceptors (Lipinski definition) is 5. The van der Waals surface area contributed by atoms with Crippen molar-refractivity contribution in [2.75, 3.05) is 20.1 Å². The van der Waals surface area contributed by atoms with Crippen molar-refractivity contribution in [2.45, 2.75) is 30.1 Å². The summed E-state index contributed by atoms with van der Waals surface area (Å²) in [5.41, 5.74) is 0. The van der Waals surface area contributed by atoms with Crippen LogP contribution in [0, 0.1) is 0 Å². The number of aliphatic hydroxyl groups is 1. The van der Waals surface area contributed by atoms with Crippen molar-refractivity contribution >= 4 is 27.3 Å². The first-order valence-corrected chi connectivity index (χ1v) is 8.64. The SMILES string of the molecule is CCCC(O)CNC(=O)CN(C)S(=O)(=O)c1cccs1. The average molecular weight is 320 g/mol. The van der Waals surface area contributed by atoms with E-state index in [1.165, 1.54) is 13.1 Å². The molecule has 0 saturated carbocycles. The summed E-state index contributed by atoms with van der Waals surface area (Å²) >= 11 is 1.11. The molecule has 1 atom stereocenters. The maximum absolute atomic E-state index is 12.1. The van der Waals surface area contributed by atoms with E-state index in [0.29, 0.717) is 6.42 Å². The molecular weight excluding hydrogens is 300 g/mol. The summed E-state index contributed by atoms with van der Waals surface area (Å²) in [7, 11) is -2.25. The Balaban J connectivity index is 2.50. The number of carbonyl (C=O) groups excluding carboxylic acids is 1. The molecule has 6 nitrogen and oxygen atoms in total. The number of nitrogens with one attached hydrogen (secondary N) is 1. The van der Waals surface area contributed by atoms with Crippen LogP contribution < -0.4 is 5.32 Å². The molecule has 0 aliphatic heterocycles. The van der Waals surface area contributed by atoms with Gasteiger partial charge in [-0.05, 0) is 17.9 Å². The summed E-state index contributed by atoms with van der Waals surface area (Å²) in [6.45, 7) is 1.81. The van der Waals surface area contributed by atoms with Gasteiger partial charge >= 0.3 is 0 Å². The van der Waals surface area contributed by atoms with E-state index in [1.807, 2.05) is 6.92 Å². The lowest BCUT2D eigenvalue weighted by molar-refractivity contribution is -0.121. The maximum atomic E-state index is 12.1. The van der Waals surface area contributed by atoms with Crippen LogP contribution in [0.4, 0.5) is 0 Å². The Labute approximate surface area is 123 Å². The Bertz CT molecular complexity index is 514. The molecular formula is C12H20N2O4S2. The van der Waals surface area contributed by atoms with Crippen molar-refractivity contribution < 1.29 is 18.3 Å². The van der Waals surface area contributed by atoms with Gasteiger partial charge in [-0.25, -0.2) is 8.42 Å². The predicted molar refractivity (Wildman–Crippen MR) is 78.1 cm³/mol. The third-order valence-corrected chi connectivity index (χ3v) is 5.86. The summed E-state index contributed by atoms with van der Waals surface area (Å²) in [5.74, 6) is -0.428. The van der Waals surface area contributed by atoms with E-state index in [4.69, 9.17) is 0 Å². The molecule has 1 aromatic heterocycles. The molecule has 1 heterocycles. The molecule has 0 spiro atoms. The number of nitrogens with zero attached hydrogens (tertiary/aromatic N) is 1. The van der Waals surface area contributed by atoms with Crippen LogP contribution in [0.25, 0.3) is 0 Å². The summed E-state index contributed by atoms with van der Waals surface area (Å²) in [6, 6.07) is 3.14. The van der Waals surface area contributed by atoms with E-state index < -0.39 is 22.0 Å². The Morgan fingerprint density at radius 1 is 1.55 bits per heavy atom. The van der Waals surface area contributed by atoms with Gasteiger partial charge in [0.05, 0.1) is 12.6 Å². The summed E-state index contributed by atoms with van der Waals surface area (Å²) in [6.07, 6.45) is 0.830. The molecule has 0 radical (unpaired) electrons. The van der Waals surface area contributed by atoms with Crippen molar-refractivity contribution in [1.29, 1.82) is 0 Å². The lowest BCUT2D eigenvalue weighted by Gasteiger charge is -2.16. The smallest absolute Gasteiger partial charge is 0.252 e. The van der Waals surface area contributed by atoms with Crippen LogP contribution in [0.5, 0.6) is 0 Å². The quantitative estimate of drug-likeness (QED) is 0.736. The molecule has 0 bridgehead atoms. The normalized spacial score (nSPS) is 13.4. The van der Waals surface area contributed by atoms with Gasteiger partial charge in [0.15, 0.2) is 0 Å². The van der Waals surface area contributed by atoms with Crippen molar-refractivity contribution in [3.63, 3.8) is 0 Å². The zero-order chi connectivity index (χ0) is 15.2. The summed E-state index contributed by atoms with van der Waals surface area (Å²) < 4.78 is 25.4. The fourth-order valence-electron chi connectivity index (χ4n) is 1.57. The van der Waals surface area contributed by atoms with E-state index in [1.54, 1.807) is 11.4 Å². The highest BCUT2D eigenvalue weighted by Crippen LogP contribution is 2.19. The number of amides is 1. The van der Waals surface area contributed by atoms with Gasteiger partial charge < -0.3 is 10.4 Å². The van der Waals surface area contributed by atoms with Gasteiger partial charge in [0.2, 0.25) is 5.91 Å². The third kappa shape index (κ3) is 4.86. The Morgan fingerprint density at radius 3 is 2.80 bits per heavy atom. The standard InChI is InChI=1S/C12H20N2O4S2/c1-3-5-10(15)8-13-11(16)9-14(2)20(17,18)12-6-4-7-19-12/h4,6-7,10,15H,3,5,8-9H2,1-2H3,(H,13,16). The molecule has 1 rings (SSSR count). The fourth-order valence-corrected chi connectivity index (χ4v) is 3.90. The minimum absolute atomic E-state index is 0.138. The zero-order valence-electron chi connectivity index (χ0n) is 11.6. The number of aliphatic hydroxyl groups excluding tert-OH is 1. The highest BCUT2D eigenvalue weighted by Gasteiger charge is 2.23. The van der Waals surface area contributed by atoms with E-state index >= 15 is 0 Å². The van der Waals surface area contributed by atoms with E-state index in [2.05, 4.69) is 5.32 Å². The minimum atomic E-state index is -3.61. The van der Waals surface area contributed by atoms with Crippen molar-refractivity contribution in [2.24, 2.45) is 0 Å². The first-order chi connectivity index (χ1) is 9.37. The van der Waals surface area contributed by atoms with Gasteiger partial charge in [-0.3, -0.25) is 4.79 Å².